The van der Waals surface area contributed by atoms with Gasteiger partial charge in [-0.1, -0.05) is 0 Å². The molecule has 9 heteroatoms. The second kappa shape index (κ2) is 4.13. The van der Waals surface area contributed by atoms with Crippen LogP contribution in [0.15, 0.2) is 11.4 Å². The lowest BCUT2D eigenvalue weighted by Gasteiger charge is -2.62. The monoisotopic (exact) mass is 297 g/mol. The van der Waals surface area contributed by atoms with E-state index in [1.54, 1.807) is 0 Å². The van der Waals surface area contributed by atoms with E-state index in [9.17, 15) is 13.2 Å². The molecule has 4 N–H and O–H groups in total. The van der Waals surface area contributed by atoms with Gasteiger partial charge in [0.15, 0.2) is 0 Å². The van der Waals surface area contributed by atoms with Crippen molar-refractivity contribution in [1.82, 2.24) is 14.7 Å². The maximum absolute atomic E-state index is 11.7. The number of anilines is 1. The summed E-state index contributed by atoms with van der Waals surface area (Å²) in [6, 6.07) is 0. The summed E-state index contributed by atoms with van der Waals surface area (Å²) in [5.74, 6) is 0.244. The van der Waals surface area contributed by atoms with Crippen LogP contribution in [-0.2, 0) is 10.0 Å². The molecule has 1 aromatic rings. The first kappa shape index (κ1) is 13.3. The maximum atomic E-state index is 11.7. The Bertz CT molecular complexity index is 670. The lowest BCUT2D eigenvalue weighted by molar-refractivity contribution is 0.00170. The lowest BCUT2D eigenvalue weighted by Crippen LogP contribution is -2.63. The highest BCUT2D eigenvalue weighted by Gasteiger charge is 2.57. The predicted molar refractivity (Wildman–Crippen MR) is 70.5 cm³/mol. The molecule has 1 amide bonds. The second-order valence-electron chi connectivity index (χ2n) is 5.37. The third-order valence-corrected chi connectivity index (χ3v) is 5.18. The summed E-state index contributed by atoms with van der Waals surface area (Å²) in [6.07, 6.45) is 4.20. The van der Waals surface area contributed by atoms with Gasteiger partial charge in [-0.25, -0.2) is 18.1 Å². The molecule has 0 aromatic carbocycles. The summed E-state index contributed by atoms with van der Waals surface area (Å²) < 4.78 is 25.6. The van der Waals surface area contributed by atoms with Crippen molar-refractivity contribution >= 4 is 21.7 Å². The number of hydrogen-bond acceptors (Lipinski definition) is 6. The number of nitrogens with one attached hydrogen (secondary N) is 2. The average Bonchev–Trinajstić information content (AvgIpc) is 2.31. The molecule has 4 rings (SSSR count). The Hall–Kier alpha value is -1.74. The molecule has 1 aromatic heterocycles. The molecule has 3 fully saturated rings. The minimum Gasteiger partial charge on any atom is -0.365 e. The number of nitrogens with zero attached hydrogens (tertiary/aromatic N) is 2. The van der Waals surface area contributed by atoms with Crippen LogP contribution in [0.3, 0.4) is 0 Å². The molecule has 8 nitrogen and oxygen atoms in total. The number of sulfonamides is 1. The van der Waals surface area contributed by atoms with Gasteiger partial charge in [-0.05, 0) is 32.2 Å². The Labute approximate surface area is 116 Å². The predicted octanol–water partition coefficient (Wildman–Crippen LogP) is -0.552. The van der Waals surface area contributed by atoms with Gasteiger partial charge in [-0.3, -0.25) is 4.79 Å². The normalized spacial score (nSPS) is 27.4. The average molecular weight is 297 g/mol. The summed E-state index contributed by atoms with van der Waals surface area (Å²) >= 11 is 0. The molecule has 0 spiro atoms. The van der Waals surface area contributed by atoms with Crippen molar-refractivity contribution in [2.45, 2.75) is 30.0 Å². The van der Waals surface area contributed by atoms with Gasteiger partial charge in [0.1, 0.15) is 5.82 Å². The van der Waals surface area contributed by atoms with E-state index in [2.05, 4.69) is 20.0 Å². The fourth-order valence-electron chi connectivity index (χ4n) is 2.74. The van der Waals surface area contributed by atoms with E-state index in [1.165, 1.54) is 7.05 Å². The van der Waals surface area contributed by atoms with Gasteiger partial charge < -0.3 is 11.1 Å². The van der Waals surface area contributed by atoms with E-state index in [0.717, 1.165) is 31.4 Å². The molecule has 3 aliphatic rings. The van der Waals surface area contributed by atoms with Crippen molar-refractivity contribution in [3.8, 4) is 0 Å². The van der Waals surface area contributed by atoms with Crippen molar-refractivity contribution in [3.05, 3.63) is 11.8 Å². The van der Waals surface area contributed by atoms with E-state index in [0.29, 0.717) is 0 Å². The van der Waals surface area contributed by atoms with E-state index >= 15 is 0 Å². The molecule has 0 unspecified atom stereocenters. The van der Waals surface area contributed by atoms with Crippen LogP contribution in [0.1, 0.15) is 29.6 Å². The smallest absolute Gasteiger partial charge is 0.276 e. The maximum Gasteiger partial charge on any atom is 0.276 e. The zero-order valence-electron chi connectivity index (χ0n) is 10.9. The van der Waals surface area contributed by atoms with Gasteiger partial charge in [0, 0.05) is 11.7 Å². The SMILES string of the molecule is CNS(=O)(=O)c1ncc(C(N)=O)c(NC23CC(C2)C3)n1. The van der Waals surface area contributed by atoms with E-state index in [4.69, 9.17) is 5.73 Å². The number of aromatic nitrogens is 2. The van der Waals surface area contributed by atoms with E-state index < -0.39 is 15.9 Å². The van der Waals surface area contributed by atoms with Crippen molar-refractivity contribution in [3.63, 3.8) is 0 Å². The topological polar surface area (TPSA) is 127 Å². The molecule has 0 aliphatic heterocycles. The molecule has 0 saturated heterocycles. The number of carbonyl (C=O) groups is 1. The van der Waals surface area contributed by atoms with Crippen molar-refractivity contribution in [1.29, 1.82) is 0 Å². The third-order valence-electron chi connectivity index (χ3n) is 3.96. The Morgan fingerprint density at radius 1 is 1.45 bits per heavy atom. The van der Waals surface area contributed by atoms with Crippen LogP contribution in [0, 0.1) is 5.92 Å². The van der Waals surface area contributed by atoms with Crippen molar-refractivity contribution < 1.29 is 13.2 Å². The van der Waals surface area contributed by atoms with E-state index in [-0.39, 0.29) is 22.1 Å². The molecule has 1 heterocycles. The number of carbonyl (C=O) groups excluding carboxylic acids is 1. The number of primary amides is 1. The first-order valence-electron chi connectivity index (χ1n) is 6.24. The first-order chi connectivity index (χ1) is 9.35. The highest BCUT2D eigenvalue weighted by Crippen LogP contribution is 2.58. The second-order valence-corrected chi connectivity index (χ2v) is 7.15. The molecule has 3 aliphatic carbocycles. The number of hydrogen-bond donors (Lipinski definition) is 3. The van der Waals surface area contributed by atoms with Crippen LogP contribution >= 0.6 is 0 Å². The molecular formula is C11H15N5O3S. The Balaban J connectivity index is 1.99. The van der Waals surface area contributed by atoms with Crippen LogP contribution in [-0.4, -0.2) is 36.9 Å². The van der Waals surface area contributed by atoms with Crippen molar-refractivity contribution in [2.24, 2.45) is 11.7 Å². The largest absolute Gasteiger partial charge is 0.365 e. The summed E-state index contributed by atoms with van der Waals surface area (Å²) in [6.45, 7) is 0. The van der Waals surface area contributed by atoms with Gasteiger partial charge in [-0.2, -0.15) is 4.98 Å². The zero-order chi connectivity index (χ0) is 14.5. The Morgan fingerprint density at radius 2 is 2.10 bits per heavy atom. The first-order valence-corrected chi connectivity index (χ1v) is 7.72. The summed E-state index contributed by atoms with van der Waals surface area (Å²) in [5.41, 5.74) is 5.32. The van der Waals surface area contributed by atoms with Crippen LogP contribution in [0.25, 0.3) is 0 Å². The standard InChI is InChI=1S/C11H15N5O3S/c1-13-20(18,19)10-14-5-7(8(12)17)9(15-10)16-11-2-6(3-11)4-11/h5-6,13H,2-4H2,1H3,(H2,12,17)(H,14,15,16). The summed E-state index contributed by atoms with van der Waals surface area (Å²) in [7, 11) is -2.49. The molecule has 0 radical (unpaired) electrons. The minimum absolute atomic E-state index is 0.0517. The number of amides is 1. The van der Waals surface area contributed by atoms with Crippen LogP contribution in [0.5, 0.6) is 0 Å². The highest BCUT2D eigenvalue weighted by molar-refractivity contribution is 7.89. The quantitative estimate of drug-likeness (QED) is 0.626. The van der Waals surface area contributed by atoms with Crippen LogP contribution in [0.4, 0.5) is 5.82 Å². The van der Waals surface area contributed by atoms with Gasteiger partial charge >= 0.3 is 0 Å². The van der Waals surface area contributed by atoms with Gasteiger partial charge in [0.25, 0.3) is 21.1 Å². The summed E-state index contributed by atoms with van der Waals surface area (Å²) in [4.78, 5) is 19.0. The lowest BCUT2D eigenvalue weighted by atomic mass is 9.50. The van der Waals surface area contributed by atoms with Crippen molar-refractivity contribution in [2.75, 3.05) is 12.4 Å². The van der Waals surface area contributed by atoms with Gasteiger partial charge in [0.2, 0.25) is 0 Å². The third kappa shape index (κ3) is 1.93. The van der Waals surface area contributed by atoms with E-state index in [1.807, 2.05) is 0 Å². The Morgan fingerprint density at radius 3 is 2.55 bits per heavy atom. The van der Waals surface area contributed by atoms with Gasteiger partial charge in [0.05, 0.1) is 5.56 Å². The highest BCUT2D eigenvalue weighted by atomic mass is 32.2. The molecule has 20 heavy (non-hydrogen) atoms. The molecule has 0 atom stereocenters. The minimum atomic E-state index is -3.76. The number of rotatable bonds is 5. The Kier molecular flexibility index (Phi) is 2.73. The summed E-state index contributed by atoms with van der Waals surface area (Å²) in [5, 5.41) is 2.79. The molecule has 108 valence electrons. The van der Waals surface area contributed by atoms with Gasteiger partial charge in [-0.15, -0.1) is 0 Å². The molecule has 3 saturated carbocycles. The zero-order valence-corrected chi connectivity index (χ0v) is 11.7. The van der Waals surface area contributed by atoms with Crippen LogP contribution in [0.2, 0.25) is 0 Å². The van der Waals surface area contributed by atoms with Crippen LogP contribution < -0.4 is 15.8 Å². The fraction of sp³-hybridized carbons (Fsp3) is 0.545. The fourth-order valence-corrected chi connectivity index (χ4v) is 3.33. The number of nitrogens with two attached hydrogens (primary N) is 1. The molecular weight excluding hydrogens is 282 g/mol. The molecule has 2 bridgehead atoms.